The van der Waals surface area contributed by atoms with Crippen LogP contribution in [0.4, 0.5) is 0 Å². The number of rotatable bonds is 16. The van der Waals surface area contributed by atoms with Crippen LogP contribution in [0.2, 0.25) is 0 Å². The van der Waals surface area contributed by atoms with Gasteiger partial charge in [0.25, 0.3) is 0 Å². The lowest BCUT2D eigenvalue weighted by Gasteiger charge is -2.41. The van der Waals surface area contributed by atoms with Gasteiger partial charge in [-0.15, -0.1) is 0 Å². The number of hydrogen-bond donors (Lipinski definition) is 7. The molecule has 1 aliphatic rings. The third-order valence-electron chi connectivity index (χ3n) is 17.6. The number of aliphatic hydroxyl groups is 1. The molecule has 3 rings (SSSR count). The van der Waals surface area contributed by atoms with Gasteiger partial charge in [0.15, 0.2) is 0 Å². The van der Waals surface area contributed by atoms with E-state index in [9.17, 15) is 48.6 Å². The number of likely N-dealkylation sites (N-methyl/N-ethyl adjacent to an activating group) is 7. The predicted octanol–water partition coefficient (Wildman–Crippen LogP) is 3.12. The summed E-state index contributed by atoms with van der Waals surface area (Å²) < 4.78 is 0. The summed E-state index contributed by atoms with van der Waals surface area (Å²) in [4.78, 5) is 190. The van der Waals surface area contributed by atoms with Crippen molar-refractivity contribution in [2.24, 2.45) is 41.4 Å². The molecule has 0 saturated carbocycles. The molecular weight excluding hydrogens is 1210 g/mol. The Morgan fingerprint density at radius 1 is 0.521 bits per heavy atom. The van der Waals surface area contributed by atoms with Crippen molar-refractivity contribution in [3.05, 3.63) is 29.6 Å². The molecule has 94 heavy (non-hydrogen) atoms. The highest BCUT2D eigenvalue weighted by atomic mass is 16.4. The Balaban J connectivity index is 2.34. The molecule has 2 heterocycles. The monoisotopic (exact) mass is 1320 g/mol. The maximum atomic E-state index is 15.4. The molecule has 11 amide bonds. The molecule has 1 fully saturated rings. The molecule has 12 atom stereocenters. The van der Waals surface area contributed by atoms with Crippen LogP contribution in [0.25, 0.3) is 11.0 Å². The van der Waals surface area contributed by atoms with Crippen LogP contribution in [0.5, 0.6) is 0 Å². The van der Waals surface area contributed by atoms with Crippen molar-refractivity contribution in [3.8, 4) is 0 Å². The Bertz CT molecular complexity index is 3020. The topological polar surface area (TPSA) is 345 Å². The fourth-order valence-electron chi connectivity index (χ4n) is 12.0. The van der Waals surface area contributed by atoms with Crippen molar-refractivity contribution < 1.29 is 67.7 Å². The molecule has 1 aromatic heterocycles. The van der Waals surface area contributed by atoms with Crippen molar-refractivity contribution in [3.63, 3.8) is 0 Å². The number of benzene rings is 1. The average molecular weight is 1320 g/mol. The third kappa shape index (κ3) is 20.6. The molecular formula is C67H111N13O14. The Labute approximate surface area is 555 Å². The summed E-state index contributed by atoms with van der Waals surface area (Å²) in [5, 5.41) is 33.4. The van der Waals surface area contributed by atoms with Crippen LogP contribution in [0.15, 0.2) is 18.2 Å². The highest BCUT2D eigenvalue weighted by Crippen LogP contribution is 2.27. The molecule has 0 spiro atoms. The first kappa shape index (κ1) is 80.5. The molecule has 2 aromatic rings. The molecule has 1 saturated heterocycles. The molecule has 1 aliphatic heterocycles. The number of aromatic carboxylic acids is 1. The Hall–Kier alpha value is -7.71. The molecule has 0 bridgehead atoms. The number of H-pyrrole nitrogens is 1. The number of carbonyl (C=O) groups is 12. The number of nitrogens with one attached hydrogen (secondary N) is 5. The van der Waals surface area contributed by atoms with Crippen molar-refractivity contribution >= 4 is 82.0 Å². The van der Waals surface area contributed by atoms with Gasteiger partial charge in [0.1, 0.15) is 71.8 Å². The van der Waals surface area contributed by atoms with E-state index in [-0.39, 0.29) is 79.1 Å². The number of aliphatic hydroxyl groups excluding tert-OH is 1. The quantitative estimate of drug-likeness (QED) is 0.127. The lowest BCUT2D eigenvalue weighted by atomic mass is 9.91. The van der Waals surface area contributed by atoms with E-state index in [0.717, 1.165) is 9.80 Å². The zero-order chi connectivity index (χ0) is 72.0. The Kier molecular flexibility index (Phi) is 30.1. The van der Waals surface area contributed by atoms with Gasteiger partial charge in [-0.05, 0) is 99.5 Å². The van der Waals surface area contributed by atoms with Crippen LogP contribution in [0.1, 0.15) is 159 Å². The van der Waals surface area contributed by atoms with Crippen LogP contribution >= 0.6 is 0 Å². The summed E-state index contributed by atoms with van der Waals surface area (Å²) >= 11 is 0. The Morgan fingerprint density at radius 3 is 1.47 bits per heavy atom. The number of fused-ring (bicyclic) bond motifs is 1. The van der Waals surface area contributed by atoms with E-state index in [1.54, 1.807) is 53.7 Å². The van der Waals surface area contributed by atoms with Crippen LogP contribution in [-0.4, -0.2) is 248 Å². The van der Waals surface area contributed by atoms with Gasteiger partial charge in [-0.1, -0.05) is 103 Å². The third-order valence-corrected chi connectivity index (χ3v) is 17.6. The van der Waals surface area contributed by atoms with E-state index in [4.69, 9.17) is 0 Å². The standard InChI is InChI=1S/C67H111N13O14/c1-24-44-62(88)74(17)33-51(81)75(18)46(28-34(2)3)59(85)73-52(38(10)11)65(91)76(19)47(29-35(4)5)58(84)68-41(15)57(83)69-42(16)61(87)77(20)48(30-36(6)7)63(89)78(21)49(31-37(8)9)64(90)79(22)54(39(12)13)66(92)80(23)55(60(86)71-44)56(82)40(14)32-50-70-45-27-25-26-43(67(93)94)53(45)72-50/h25-27,34-42,44,46-49,52,54-56,82H,24,28-33H2,1-23H3,(H,68,84)(H,69,83)(H,70,72)(H,71,86)(H,73,85)(H,93,94). The fraction of sp³-hybridized carbons (Fsp3) is 0.716. The van der Waals surface area contributed by atoms with Gasteiger partial charge in [-0.3, -0.25) is 52.7 Å². The Morgan fingerprint density at radius 2 is 0.979 bits per heavy atom. The molecule has 1 aromatic carbocycles. The number of amides is 11. The van der Waals surface area contributed by atoms with Gasteiger partial charge in [0.2, 0.25) is 65.0 Å². The zero-order valence-electron chi connectivity index (χ0n) is 59.9. The maximum Gasteiger partial charge on any atom is 0.337 e. The molecule has 0 radical (unpaired) electrons. The summed E-state index contributed by atoms with van der Waals surface area (Å²) in [6.45, 7) is 27.0. The summed E-state index contributed by atoms with van der Waals surface area (Å²) in [7, 11) is 9.69. The number of hydrogen-bond acceptors (Lipinski definition) is 14. The summed E-state index contributed by atoms with van der Waals surface area (Å²) in [6, 6.07) is -8.43. The predicted molar refractivity (Wildman–Crippen MR) is 356 cm³/mol. The number of carboxylic acid groups (broad SMARTS) is 1. The summed E-state index contributed by atoms with van der Waals surface area (Å²) in [6.07, 6.45) is -1.40. The highest BCUT2D eigenvalue weighted by molar-refractivity contribution is 6.02. The van der Waals surface area contributed by atoms with E-state index in [2.05, 4.69) is 31.2 Å². The van der Waals surface area contributed by atoms with Crippen LogP contribution in [0, 0.1) is 41.4 Å². The van der Waals surface area contributed by atoms with E-state index < -0.39 is 162 Å². The zero-order valence-corrected chi connectivity index (χ0v) is 59.9. The molecule has 528 valence electrons. The normalized spacial score (nSPS) is 25.4. The fourth-order valence-corrected chi connectivity index (χ4v) is 12.0. The van der Waals surface area contributed by atoms with Gasteiger partial charge >= 0.3 is 5.97 Å². The van der Waals surface area contributed by atoms with E-state index in [1.165, 1.54) is 93.7 Å². The second kappa shape index (κ2) is 35.2. The van der Waals surface area contributed by atoms with Crippen LogP contribution in [-0.2, 0) is 59.2 Å². The average Bonchev–Trinajstić information content (AvgIpc) is 1.19. The van der Waals surface area contributed by atoms with Gasteiger partial charge in [-0.2, -0.15) is 0 Å². The highest BCUT2D eigenvalue weighted by Gasteiger charge is 2.46. The number of para-hydroxylation sites is 1. The maximum absolute atomic E-state index is 15.4. The number of imidazole rings is 1. The molecule has 0 aliphatic carbocycles. The minimum Gasteiger partial charge on any atom is -0.478 e. The number of carbonyl (C=O) groups excluding carboxylic acids is 11. The van der Waals surface area contributed by atoms with Gasteiger partial charge < -0.3 is 70.8 Å². The number of aromatic nitrogens is 2. The molecule has 12 unspecified atom stereocenters. The first-order valence-electron chi connectivity index (χ1n) is 33.0. The smallest absolute Gasteiger partial charge is 0.337 e. The molecule has 7 N–H and O–H groups in total. The van der Waals surface area contributed by atoms with Crippen LogP contribution in [0.3, 0.4) is 0 Å². The first-order valence-corrected chi connectivity index (χ1v) is 33.0. The van der Waals surface area contributed by atoms with Crippen LogP contribution < -0.4 is 21.3 Å². The van der Waals surface area contributed by atoms with Gasteiger partial charge in [0, 0.05) is 55.8 Å². The van der Waals surface area contributed by atoms with Crippen molar-refractivity contribution in [2.75, 3.05) is 55.9 Å². The van der Waals surface area contributed by atoms with E-state index >= 15 is 19.2 Å². The lowest BCUT2D eigenvalue weighted by molar-refractivity contribution is -0.157. The number of aromatic amines is 1. The number of nitrogens with zero attached hydrogens (tertiary/aromatic N) is 8. The second-order valence-corrected chi connectivity index (χ2v) is 28.2. The first-order chi connectivity index (χ1) is 43.5. The second-order valence-electron chi connectivity index (χ2n) is 28.2. The minimum absolute atomic E-state index is 0.0542. The van der Waals surface area contributed by atoms with Crippen molar-refractivity contribution in [2.45, 2.75) is 216 Å². The van der Waals surface area contributed by atoms with Gasteiger partial charge in [-0.25, -0.2) is 9.78 Å². The number of carboxylic acids is 1. The van der Waals surface area contributed by atoms with E-state index in [0.29, 0.717) is 5.52 Å². The lowest BCUT2D eigenvalue weighted by Crippen LogP contribution is -2.63. The minimum atomic E-state index is -1.80. The SMILES string of the molecule is CCC1NC(=O)C(C(O)C(C)Cc2nc3c(C(=O)O)cccc3[nH]2)N(C)C(=O)C(C(C)C)N(C)C(=O)C(CC(C)C)N(C)C(=O)C(CC(C)C)N(C)C(=O)C(C)NC(=O)C(C)NC(=O)C(CC(C)C)N(C)C(=O)C(C(C)C)NC(=O)C(CC(C)C)N(C)C(=O)CN(C)C1=O. The molecule has 27 heteroatoms. The summed E-state index contributed by atoms with van der Waals surface area (Å²) in [5.74, 6) is -11.8. The van der Waals surface area contributed by atoms with E-state index in [1.807, 2.05) is 55.4 Å². The van der Waals surface area contributed by atoms with Gasteiger partial charge in [0.05, 0.1) is 23.7 Å². The largest absolute Gasteiger partial charge is 0.478 e. The van der Waals surface area contributed by atoms with Crippen molar-refractivity contribution in [1.29, 1.82) is 0 Å². The summed E-state index contributed by atoms with van der Waals surface area (Å²) in [5.41, 5.74) is 0.467. The van der Waals surface area contributed by atoms with Crippen molar-refractivity contribution in [1.82, 2.24) is 65.5 Å². The molecule has 27 nitrogen and oxygen atoms in total.